The van der Waals surface area contributed by atoms with E-state index in [1.165, 1.54) is 12.3 Å². The van der Waals surface area contributed by atoms with Gasteiger partial charge in [-0.2, -0.15) is 4.98 Å². The molecule has 1 rings (SSSR count). The van der Waals surface area contributed by atoms with E-state index < -0.39 is 5.97 Å². The molecule has 1 aromatic rings. The molecule has 112 valence electrons. The monoisotopic (exact) mass is 286 g/mol. The zero-order valence-electron chi connectivity index (χ0n) is 11.3. The summed E-state index contributed by atoms with van der Waals surface area (Å²) in [5, 5.41) is 8.75. The van der Waals surface area contributed by atoms with Crippen LogP contribution >= 0.6 is 0 Å². The van der Waals surface area contributed by atoms with Gasteiger partial charge in [0.05, 0.1) is 33.0 Å². The van der Waals surface area contributed by atoms with Crippen molar-refractivity contribution in [3.8, 4) is 6.01 Å². The van der Waals surface area contributed by atoms with Crippen molar-refractivity contribution < 1.29 is 28.8 Å². The predicted octanol–water partition coefficient (Wildman–Crippen LogP) is 0.233. The first kappa shape index (κ1) is 16.3. The number of aromatic nitrogens is 2. The third-order valence-electron chi connectivity index (χ3n) is 2.12. The highest BCUT2D eigenvalue weighted by Crippen LogP contribution is 2.02. The van der Waals surface area contributed by atoms with E-state index in [9.17, 15) is 4.79 Å². The summed E-state index contributed by atoms with van der Waals surface area (Å²) in [6, 6.07) is 1.31. The Bertz CT molecular complexity index is 401. The summed E-state index contributed by atoms with van der Waals surface area (Å²) in [4.78, 5) is 18.2. The van der Waals surface area contributed by atoms with Gasteiger partial charge in [0.25, 0.3) is 0 Å². The number of hydrogen-bond acceptors (Lipinski definition) is 7. The predicted molar refractivity (Wildman–Crippen MR) is 68.0 cm³/mol. The SMILES string of the molecule is COCCOCCOCCOc1nccc(C(=O)O)n1. The number of carboxylic acid groups (broad SMARTS) is 1. The van der Waals surface area contributed by atoms with Crippen molar-refractivity contribution in [2.24, 2.45) is 0 Å². The van der Waals surface area contributed by atoms with Crippen LogP contribution in [0, 0.1) is 0 Å². The van der Waals surface area contributed by atoms with E-state index in [2.05, 4.69) is 9.97 Å². The fourth-order valence-corrected chi connectivity index (χ4v) is 1.19. The minimum Gasteiger partial charge on any atom is -0.477 e. The minimum absolute atomic E-state index is 0.0184. The molecular weight excluding hydrogens is 268 g/mol. The van der Waals surface area contributed by atoms with Gasteiger partial charge in [-0.15, -0.1) is 0 Å². The molecule has 20 heavy (non-hydrogen) atoms. The lowest BCUT2D eigenvalue weighted by Crippen LogP contribution is -2.13. The van der Waals surface area contributed by atoms with E-state index >= 15 is 0 Å². The maximum Gasteiger partial charge on any atom is 0.354 e. The quantitative estimate of drug-likeness (QED) is 0.577. The van der Waals surface area contributed by atoms with Gasteiger partial charge in [0, 0.05) is 13.3 Å². The van der Waals surface area contributed by atoms with E-state index in [0.717, 1.165) is 0 Å². The van der Waals surface area contributed by atoms with Crippen molar-refractivity contribution in [2.45, 2.75) is 0 Å². The third-order valence-corrected chi connectivity index (χ3v) is 2.12. The maximum atomic E-state index is 10.7. The smallest absolute Gasteiger partial charge is 0.354 e. The number of hydrogen-bond donors (Lipinski definition) is 1. The van der Waals surface area contributed by atoms with Crippen LogP contribution in [0.1, 0.15) is 10.5 Å². The zero-order chi connectivity index (χ0) is 14.6. The second-order valence-electron chi connectivity index (χ2n) is 3.60. The number of methoxy groups -OCH3 is 1. The number of carbonyl (C=O) groups is 1. The molecule has 0 unspecified atom stereocenters. The van der Waals surface area contributed by atoms with Gasteiger partial charge in [-0.25, -0.2) is 9.78 Å². The average molecular weight is 286 g/mol. The van der Waals surface area contributed by atoms with Gasteiger partial charge < -0.3 is 24.1 Å². The van der Waals surface area contributed by atoms with Crippen molar-refractivity contribution in [3.05, 3.63) is 18.0 Å². The van der Waals surface area contributed by atoms with Crippen LogP contribution in [0.5, 0.6) is 6.01 Å². The lowest BCUT2D eigenvalue weighted by molar-refractivity contribution is 0.0173. The molecule has 0 saturated heterocycles. The second kappa shape index (κ2) is 10.1. The van der Waals surface area contributed by atoms with Crippen molar-refractivity contribution in [1.82, 2.24) is 9.97 Å². The van der Waals surface area contributed by atoms with Gasteiger partial charge in [0.1, 0.15) is 6.61 Å². The van der Waals surface area contributed by atoms with Gasteiger partial charge in [0.2, 0.25) is 0 Å². The highest BCUT2D eigenvalue weighted by molar-refractivity contribution is 5.85. The Morgan fingerprint density at radius 2 is 1.80 bits per heavy atom. The van der Waals surface area contributed by atoms with Crippen LogP contribution in [0.3, 0.4) is 0 Å². The molecule has 8 nitrogen and oxygen atoms in total. The second-order valence-corrected chi connectivity index (χ2v) is 3.60. The highest BCUT2D eigenvalue weighted by atomic mass is 16.6. The molecule has 1 aromatic heterocycles. The van der Waals surface area contributed by atoms with Gasteiger partial charge in [-0.1, -0.05) is 0 Å². The molecule has 0 spiro atoms. The van der Waals surface area contributed by atoms with Crippen molar-refractivity contribution in [2.75, 3.05) is 46.8 Å². The summed E-state index contributed by atoms with van der Waals surface area (Å²) < 4.78 is 20.4. The molecule has 0 aromatic carbocycles. The van der Waals surface area contributed by atoms with Gasteiger partial charge in [0.15, 0.2) is 5.69 Å². The summed E-state index contributed by atoms with van der Waals surface area (Å²) in [5.74, 6) is -1.12. The van der Waals surface area contributed by atoms with Crippen LogP contribution in [-0.4, -0.2) is 67.8 Å². The van der Waals surface area contributed by atoms with Crippen LogP contribution in [0.2, 0.25) is 0 Å². The molecule has 0 bridgehead atoms. The lowest BCUT2D eigenvalue weighted by atomic mass is 10.4. The zero-order valence-corrected chi connectivity index (χ0v) is 11.3. The summed E-state index contributed by atoms with van der Waals surface area (Å²) in [6.45, 7) is 2.60. The number of nitrogens with zero attached hydrogens (tertiary/aromatic N) is 2. The van der Waals surface area contributed by atoms with Crippen LogP contribution in [-0.2, 0) is 14.2 Å². The first-order chi connectivity index (χ1) is 9.74. The van der Waals surface area contributed by atoms with E-state index in [-0.39, 0.29) is 18.3 Å². The maximum absolute atomic E-state index is 10.7. The van der Waals surface area contributed by atoms with E-state index in [1.807, 2.05) is 0 Å². The summed E-state index contributed by atoms with van der Waals surface area (Å²) in [6.07, 6.45) is 1.33. The molecule has 0 fully saturated rings. The Morgan fingerprint density at radius 3 is 2.45 bits per heavy atom. The molecule has 0 radical (unpaired) electrons. The van der Waals surface area contributed by atoms with Gasteiger partial charge in [-0.3, -0.25) is 0 Å². The molecule has 0 aliphatic heterocycles. The van der Waals surface area contributed by atoms with E-state index in [4.69, 9.17) is 24.1 Å². The number of carboxylic acids is 1. The van der Waals surface area contributed by atoms with E-state index in [0.29, 0.717) is 33.0 Å². The van der Waals surface area contributed by atoms with Crippen LogP contribution in [0.25, 0.3) is 0 Å². The Balaban J connectivity index is 2.06. The highest BCUT2D eigenvalue weighted by Gasteiger charge is 2.06. The fourth-order valence-electron chi connectivity index (χ4n) is 1.19. The minimum atomic E-state index is -1.12. The molecule has 0 saturated carbocycles. The molecule has 1 heterocycles. The third kappa shape index (κ3) is 6.98. The molecule has 8 heteroatoms. The summed E-state index contributed by atoms with van der Waals surface area (Å²) >= 11 is 0. The van der Waals surface area contributed by atoms with Crippen molar-refractivity contribution in [3.63, 3.8) is 0 Å². The molecule has 0 atom stereocenters. The molecule has 0 aliphatic rings. The first-order valence-electron chi connectivity index (χ1n) is 6.07. The van der Waals surface area contributed by atoms with Gasteiger partial charge >= 0.3 is 12.0 Å². The van der Waals surface area contributed by atoms with Crippen LogP contribution in [0.15, 0.2) is 12.3 Å². The number of aromatic carboxylic acids is 1. The Hall–Kier alpha value is -1.77. The van der Waals surface area contributed by atoms with Crippen LogP contribution < -0.4 is 4.74 Å². The summed E-state index contributed by atoms with van der Waals surface area (Å²) in [5.41, 5.74) is -0.109. The fraction of sp³-hybridized carbons (Fsp3) is 0.583. The van der Waals surface area contributed by atoms with Gasteiger partial charge in [-0.05, 0) is 6.07 Å². The lowest BCUT2D eigenvalue weighted by Gasteiger charge is -2.06. The van der Waals surface area contributed by atoms with Crippen molar-refractivity contribution >= 4 is 5.97 Å². The number of rotatable bonds is 11. The normalized spacial score (nSPS) is 10.4. The van der Waals surface area contributed by atoms with E-state index in [1.54, 1.807) is 7.11 Å². The Labute approximate surface area is 116 Å². The Kier molecular flexibility index (Phi) is 8.20. The first-order valence-corrected chi connectivity index (χ1v) is 6.07. The average Bonchev–Trinajstić information content (AvgIpc) is 2.46. The molecule has 1 N–H and O–H groups in total. The Morgan fingerprint density at radius 1 is 1.15 bits per heavy atom. The summed E-state index contributed by atoms with van der Waals surface area (Å²) in [7, 11) is 1.61. The molecule has 0 aliphatic carbocycles. The molecule has 0 amide bonds. The van der Waals surface area contributed by atoms with Crippen molar-refractivity contribution in [1.29, 1.82) is 0 Å². The largest absolute Gasteiger partial charge is 0.477 e. The topological polar surface area (TPSA) is 100 Å². The van der Waals surface area contributed by atoms with Crippen LogP contribution in [0.4, 0.5) is 0 Å². The molecular formula is C12H18N2O6. The standard InChI is InChI=1S/C12H18N2O6/c1-17-4-5-18-6-7-19-8-9-20-12-13-3-2-10(14-12)11(15)16/h2-3H,4-9H2,1H3,(H,15,16). The number of ether oxygens (including phenoxy) is 4.